The van der Waals surface area contributed by atoms with Crippen molar-refractivity contribution in [1.29, 1.82) is 0 Å². The van der Waals surface area contributed by atoms with Gasteiger partial charge in [-0.05, 0) is 60.9 Å². The zero-order valence-corrected chi connectivity index (χ0v) is 19.2. The Morgan fingerprint density at radius 2 is 1.42 bits per heavy atom. The first-order valence-electron chi connectivity index (χ1n) is 10.6. The Morgan fingerprint density at radius 1 is 0.848 bits per heavy atom. The Hall–Kier alpha value is -3.49. The van der Waals surface area contributed by atoms with Gasteiger partial charge in [-0.2, -0.15) is 4.31 Å². The van der Waals surface area contributed by atoms with Crippen LogP contribution in [-0.4, -0.2) is 30.6 Å². The van der Waals surface area contributed by atoms with E-state index >= 15 is 0 Å². The third kappa shape index (κ3) is 4.97. The highest BCUT2D eigenvalue weighted by Gasteiger charge is 2.39. The van der Waals surface area contributed by atoms with Crippen molar-refractivity contribution in [2.45, 2.75) is 37.8 Å². The maximum Gasteiger partial charge on any atom is 0.244 e. The third-order valence-electron chi connectivity index (χ3n) is 5.61. The second-order valence-electron chi connectivity index (χ2n) is 8.10. The number of rotatable bonds is 5. The molecule has 170 valence electrons. The third-order valence-corrected chi connectivity index (χ3v) is 7.48. The fourth-order valence-electron chi connectivity index (χ4n) is 3.89. The smallest absolute Gasteiger partial charge is 0.244 e. The highest BCUT2D eigenvalue weighted by molar-refractivity contribution is 7.89. The summed E-state index contributed by atoms with van der Waals surface area (Å²) in [5.74, 6) is -0.600. The van der Waals surface area contributed by atoms with Crippen molar-refractivity contribution in [3.05, 3.63) is 89.5 Å². The molecule has 3 aromatic rings. The Morgan fingerprint density at radius 3 is 2.03 bits per heavy atom. The summed E-state index contributed by atoms with van der Waals surface area (Å²) in [6, 6.07) is 20.0. The van der Waals surface area contributed by atoms with Gasteiger partial charge >= 0.3 is 0 Å². The molecule has 0 fully saturated rings. The van der Waals surface area contributed by atoms with Crippen molar-refractivity contribution in [1.82, 2.24) is 4.31 Å². The van der Waals surface area contributed by atoms with Gasteiger partial charge in [0.25, 0.3) is 0 Å². The predicted molar refractivity (Wildman–Crippen MR) is 127 cm³/mol. The van der Waals surface area contributed by atoms with Crippen LogP contribution in [0.2, 0.25) is 0 Å². The lowest BCUT2D eigenvalue weighted by molar-refractivity contribution is -0.120. The van der Waals surface area contributed by atoms with Crippen molar-refractivity contribution in [2.24, 2.45) is 0 Å². The Kier molecular flexibility index (Phi) is 6.31. The molecule has 0 spiro atoms. The molecule has 8 heteroatoms. The monoisotopic (exact) mass is 463 g/mol. The summed E-state index contributed by atoms with van der Waals surface area (Å²) in [5.41, 5.74) is 3.91. The lowest BCUT2D eigenvalue weighted by Crippen LogP contribution is -2.50. The number of carbonyl (C=O) groups is 2. The van der Waals surface area contributed by atoms with Crippen LogP contribution in [0.5, 0.6) is 0 Å². The zero-order chi connectivity index (χ0) is 23.6. The summed E-state index contributed by atoms with van der Waals surface area (Å²) in [6.07, 6.45) is 0.275. The van der Waals surface area contributed by atoms with E-state index < -0.39 is 22.0 Å². The molecule has 1 aliphatic heterocycles. The van der Waals surface area contributed by atoms with Gasteiger partial charge < -0.3 is 10.6 Å². The number of anilines is 2. The molecule has 7 nitrogen and oxygen atoms in total. The number of nitrogens with zero attached hydrogens (tertiary/aromatic N) is 1. The van der Waals surface area contributed by atoms with Crippen LogP contribution in [0.1, 0.15) is 23.6 Å². The second-order valence-corrected chi connectivity index (χ2v) is 9.99. The number of fused-ring (bicyclic) bond motifs is 1. The molecule has 33 heavy (non-hydrogen) atoms. The van der Waals surface area contributed by atoms with Gasteiger partial charge in [0, 0.05) is 24.8 Å². The molecule has 1 aliphatic rings. The maximum atomic E-state index is 13.5. The number of sulfonamides is 1. The number of hydrogen-bond acceptors (Lipinski definition) is 4. The summed E-state index contributed by atoms with van der Waals surface area (Å²) >= 11 is 0. The van der Waals surface area contributed by atoms with Gasteiger partial charge in [-0.3, -0.25) is 9.59 Å². The average molecular weight is 464 g/mol. The van der Waals surface area contributed by atoms with E-state index in [9.17, 15) is 18.0 Å². The Labute approximate surface area is 193 Å². The van der Waals surface area contributed by atoms with Crippen LogP contribution < -0.4 is 10.6 Å². The number of hydrogen-bond donors (Lipinski definition) is 2. The average Bonchev–Trinajstić information content (AvgIpc) is 2.79. The molecule has 1 atom stereocenters. The fraction of sp³-hybridized carbons (Fsp3) is 0.200. The maximum absolute atomic E-state index is 13.5. The minimum atomic E-state index is -3.90. The van der Waals surface area contributed by atoms with Crippen molar-refractivity contribution in [3.8, 4) is 0 Å². The molecular weight excluding hydrogens is 438 g/mol. The SMILES string of the molecule is CC(=O)Nc1ccc(NC(=O)[C@@H]2Cc3ccccc3CN2S(=O)(=O)c2ccc(C)cc2)cc1. The first-order valence-corrected chi connectivity index (χ1v) is 12.0. The van der Waals surface area contributed by atoms with Gasteiger partial charge in [0.2, 0.25) is 21.8 Å². The molecule has 0 unspecified atom stereocenters. The zero-order valence-electron chi connectivity index (χ0n) is 18.4. The van der Waals surface area contributed by atoms with E-state index in [1.54, 1.807) is 48.5 Å². The van der Waals surface area contributed by atoms with Gasteiger partial charge in [0.05, 0.1) is 4.90 Å². The minimum Gasteiger partial charge on any atom is -0.326 e. The number of carbonyl (C=O) groups excluding carboxylic acids is 2. The Balaban J connectivity index is 1.64. The molecule has 0 radical (unpaired) electrons. The van der Waals surface area contributed by atoms with E-state index in [2.05, 4.69) is 10.6 Å². The van der Waals surface area contributed by atoms with E-state index in [0.29, 0.717) is 11.4 Å². The van der Waals surface area contributed by atoms with E-state index in [0.717, 1.165) is 16.7 Å². The van der Waals surface area contributed by atoms with Gasteiger partial charge in [-0.25, -0.2) is 8.42 Å². The first kappa shape index (κ1) is 22.7. The topological polar surface area (TPSA) is 95.6 Å². The van der Waals surface area contributed by atoms with Crippen molar-refractivity contribution < 1.29 is 18.0 Å². The first-order chi connectivity index (χ1) is 15.7. The van der Waals surface area contributed by atoms with Crippen LogP contribution >= 0.6 is 0 Å². The summed E-state index contributed by atoms with van der Waals surface area (Å²) in [5, 5.41) is 5.50. The quantitative estimate of drug-likeness (QED) is 0.603. The van der Waals surface area contributed by atoms with E-state index in [1.807, 2.05) is 31.2 Å². The summed E-state index contributed by atoms with van der Waals surface area (Å²) in [6.45, 7) is 3.42. The summed E-state index contributed by atoms with van der Waals surface area (Å²) in [4.78, 5) is 24.7. The van der Waals surface area contributed by atoms with Gasteiger partial charge in [0.1, 0.15) is 6.04 Å². The van der Waals surface area contributed by atoms with Crippen LogP contribution in [0.25, 0.3) is 0 Å². The molecule has 0 saturated heterocycles. The highest BCUT2D eigenvalue weighted by Crippen LogP contribution is 2.30. The van der Waals surface area contributed by atoms with Crippen molar-refractivity contribution in [2.75, 3.05) is 10.6 Å². The van der Waals surface area contributed by atoms with Gasteiger partial charge in [0.15, 0.2) is 0 Å². The number of benzene rings is 3. The highest BCUT2D eigenvalue weighted by atomic mass is 32.2. The summed E-state index contributed by atoms with van der Waals surface area (Å²) < 4.78 is 28.3. The van der Waals surface area contributed by atoms with Crippen LogP contribution in [0.4, 0.5) is 11.4 Å². The lowest BCUT2D eigenvalue weighted by Gasteiger charge is -2.35. The second kappa shape index (κ2) is 9.17. The molecular formula is C25H25N3O4S. The molecule has 4 rings (SSSR count). The minimum absolute atomic E-state index is 0.117. The molecule has 2 N–H and O–H groups in total. The standard InChI is InChI=1S/C25H25N3O4S/c1-17-7-13-23(14-8-17)33(31,32)28-16-20-6-4-3-5-19(20)15-24(28)25(30)27-22-11-9-21(10-12-22)26-18(2)29/h3-14,24H,15-16H2,1-2H3,(H,26,29)(H,27,30)/t24-/m0/s1. The number of nitrogens with one attached hydrogen (secondary N) is 2. The normalized spacial score (nSPS) is 16.0. The van der Waals surface area contributed by atoms with Crippen molar-refractivity contribution >= 4 is 33.2 Å². The van der Waals surface area contributed by atoms with Crippen molar-refractivity contribution in [3.63, 3.8) is 0 Å². The molecule has 0 bridgehead atoms. The van der Waals surface area contributed by atoms with Crippen LogP contribution in [0.3, 0.4) is 0 Å². The van der Waals surface area contributed by atoms with E-state index in [4.69, 9.17) is 0 Å². The molecule has 3 aromatic carbocycles. The van der Waals surface area contributed by atoms with E-state index in [-0.39, 0.29) is 23.8 Å². The Bertz CT molecular complexity index is 1290. The van der Waals surface area contributed by atoms with Crippen LogP contribution in [0, 0.1) is 6.92 Å². The molecule has 2 amide bonds. The molecule has 0 saturated carbocycles. The number of amides is 2. The van der Waals surface area contributed by atoms with Crippen LogP contribution in [-0.2, 0) is 32.6 Å². The fourth-order valence-corrected chi connectivity index (χ4v) is 5.45. The molecule has 0 aliphatic carbocycles. The predicted octanol–water partition coefficient (Wildman–Crippen LogP) is 3.71. The van der Waals surface area contributed by atoms with Gasteiger partial charge in [-0.15, -0.1) is 0 Å². The molecule has 0 aromatic heterocycles. The van der Waals surface area contributed by atoms with E-state index in [1.165, 1.54) is 11.2 Å². The van der Waals surface area contributed by atoms with Crippen LogP contribution in [0.15, 0.2) is 77.7 Å². The van der Waals surface area contributed by atoms with Gasteiger partial charge in [-0.1, -0.05) is 42.0 Å². The molecule has 1 heterocycles. The lowest BCUT2D eigenvalue weighted by atomic mass is 9.95. The summed E-state index contributed by atoms with van der Waals surface area (Å²) in [7, 11) is -3.90. The number of aryl methyl sites for hydroxylation is 1. The largest absolute Gasteiger partial charge is 0.326 e.